The molecule has 1 aliphatic heterocycles. The van der Waals surface area contributed by atoms with Gasteiger partial charge in [0.1, 0.15) is 10.5 Å². The molecule has 4 nitrogen and oxygen atoms in total. The Hall–Kier alpha value is -2.22. The van der Waals surface area contributed by atoms with Crippen LogP contribution >= 0.6 is 35.2 Å². The number of pyridine rings is 1. The van der Waals surface area contributed by atoms with Crippen LogP contribution < -0.4 is 4.90 Å². The summed E-state index contributed by atoms with van der Waals surface area (Å²) in [6.07, 6.45) is 3.33. The molecule has 1 N–H and O–H groups in total. The average Bonchev–Trinajstić information content (AvgIpc) is 3.30. The molecule has 1 amide bonds. The lowest BCUT2D eigenvalue weighted by atomic mass is 9.89. The largest absolute Gasteiger partial charge is 0.351 e. The first-order chi connectivity index (χ1) is 14.5. The quantitative estimate of drug-likeness (QED) is 0.458. The summed E-state index contributed by atoms with van der Waals surface area (Å²) in [5, 5.41) is 3.32. The number of carbonyl (C=O) groups excluding carboxylic acids is 1. The Morgan fingerprint density at radius 1 is 1.27 bits per heavy atom. The van der Waals surface area contributed by atoms with E-state index in [0.717, 1.165) is 23.4 Å². The SMILES string of the molecule is CN(c1cccs1)c1c(C(=O)N2CCC(c3ccc(F)cc3)CC2)c[nH]c(=S)c1Cl. The number of likely N-dealkylation sites (tertiary alicyclic amines) is 1. The van der Waals surface area contributed by atoms with Crippen molar-refractivity contribution in [2.45, 2.75) is 18.8 Å². The minimum absolute atomic E-state index is 0.0703. The van der Waals surface area contributed by atoms with Gasteiger partial charge in [0.15, 0.2) is 0 Å². The number of hydrogen-bond donors (Lipinski definition) is 1. The number of aromatic nitrogens is 1. The molecule has 1 aliphatic rings. The van der Waals surface area contributed by atoms with Gasteiger partial charge in [0.2, 0.25) is 0 Å². The van der Waals surface area contributed by atoms with Gasteiger partial charge < -0.3 is 14.8 Å². The molecule has 0 bridgehead atoms. The van der Waals surface area contributed by atoms with E-state index >= 15 is 0 Å². The highest BCUT2D eigenvalue weighted by molar-refractivity contribution is 7.71. The zero-order valence-electron chi connectivity index (χ0n) is 16.4. The standard InChI is InChI=1S/C22H21ClFN3OS2/c1-26(18-3-2-12-30-18)20-17(13-25-21(29)19(20)23)22(28)27-10-8-15(9-11-27)14-4-6-16(24)7-5-14/h2-7,12-13,15H,8-11H2,1H3,(H,25,29). The molecule has 0 unspecified atom stereocenters. The smallest absolute Gasteiger partial charge is 0.257 e. The van der Waals surface area contributed by atoms with Gasteiger partial charge in [0.05, 0.1) is 21.3 Å². The van der Waals surface area contributed by atoms with Crippen molar-refractivity contribution < 1.29 is 9.18 Å². The number of amides is 1. The number of carbonyl (C=O) groups is 1. The number of nitrogens with one attached hydrogen (secondary N) is 1. The third-order valence-corrected chi connectivity index (χ3v) is 7.28. The Balaban J connectivity index is 1.56. The maximum absolute atomic E-state index is 13.4. The second-order valence-corrected chi connectivity index (χ2v) is 9.03. The van der Waals surface area contributed by atoms with Crippen LogP contribution in [0.25, 0.3) is 0 Å². The normalized spacial score (nSPS) is 14.7. The van der Waals surface area contributed by atoms with Gasteiger partial charge in [0, 0.05) is 26.3 Å². The number of piperidine rings is 1. The zero-order chi connectivity index (χ0) is 21.3. The number of H-pyrrole nitrogens is 1. The first-order valence-corrected chi connectivity index (χ1v) is 11.4. The summed E-state index contributed by atoms with van der Waals surface area (Å²) in [5.74, 6) is 0.0271. The van der Waals surface area contributed by atoms with E-state index in [9.17, 15) is 9.18 Å². The number of halogens is 2. The van der Waals surface area contributed by atoms with Crippen molar-refractivity contribution in [1.29, 1.82) is 0 Å². The van der Waals surface area contributed by atoms with Crippen molar-refractivity contribution in [3.63, 3.8) is 0 Å². The summed E-state index contributed by atoms with van der Waals surface area (Å²) in [5.41, 5.74) is 2.24. The molecule has 3 heterocycles. The summed E-state index contributed by atoms with van der Waals surface area (Å²) < 4.78 is 13.6. The van der Waals surface area contributed by atoms with Crippen LogP contribution in [0.15, 0.2) is 48.0 Å². The van der Waals surface area contributed by atoms with E-state index in [1.165, 1.54) is 12.1 Å². The fourth-order valence-corrected chi connectivity index (χ4v) is 5.02. The molecule has 0 atom stereocenters. The third kappa shape index (κ3) is 4.15. The van der Waals surface area contributed by atoms with Gasteiger partial charge in [-0.05, 0) is 54.0 Å². The monoisotopic (exact) mass is 461 g/mol. The van der Waals surface area contributed by atoms with E-state index in [1.807, 2.05) is 46.5 Å². The van der Waals surface area contributed by atoms with Crippen LogP contribution in [-0.4, -0.2) is 35.9 Å². The Kier molecular flexibility index (Phi) is 6.22. The molecule has 8 heteroatoms. The number of rotatable bonds is 4. The Labute approximate surface area is 188 Å². The van der Waals surface area contributed by atoms with Gasteiger partial charge in [-0.25, -0.2) is 4.39 Å². The molecular weight excluding hydrogens is 441 g/mol. The van der Waals surface area contributed by atoms with E-state index < -0.39 is 0 Å². The molecule has 156 valence electrons. The lowest BCUT2D eigenvalue weighted by Gasteiger charge is -2.33. The maximum atomic E-state index is 13.4. The molecule has 4 rings (SSSR count). The van der Waals surface area contributed by atoms with E-state index in [2.05, 4.69) is 4.98 Å². The van der Waals surface area contributed by atoms with Crippen LogP contribution in [0.1, 0.15) is 34.7 Å². The topological polar surface area (TPSA) is 39.3 Å². The highest BCUT2D eigenvalue weighted by Gasteiger charge is 2.28. The van der Waals surface area contributed by atoms with Gasteiger partial charge in [-0.1, -0.05) is 36.0 Å². The van der Waals surface area contributed by atoms with Gasteiger partial charge in [-0.15, -0.1) is 11.3 Å². The van der Waals surface area contributed by atoms with E-state index in [4.69, 9.17) is 23.8 Å². The predicted molar refractivity (Wildman–Crippen MR) is 123 cm³/mol. The van der Waals surface area contributed by atoms with Crippen molar-refractivity contribution in [2.75, 3.05) is 25.0 Å². The molecule has 0 radical (unpaired) electrons. The molecule has 1 aromatic carbocycles. The summed E-state index contributed by atoms with van der Waals surface area (Å²) in [7, 11) is 1.89. The van der Waals surface area contributed by atoms with Crippen molar-refractivity contribution in [3.8, 4) is 0 Å². The Morgan fingerprint density at radius 2 is 1.97 bits per heavy atom. The summed E-state index contributed by atoms with van der Waals surface area (Å²) in [6, 6.07) is 10.6. The van der Waals surface area contributed by atoms with Gasteiger partial charge in [0.25, 0.3) is 5.91 Å². The molecule has 0 aliphatic carbocycles. The molecule has 2 aromatic heterocycles. The van der Waals surface area contributed by atoms with Crippen LogP contribution in [0.3, 0.4) is 0 Å². The molecule has 30 heavy (non-hydrogen) atoms. The molecule has 1 saturated heterocycles. The van der Waals surface area contributed by atoms with E-state index in [0.29, 0.717) is 39.9 Å². The Morgan fingerprint density at radius 3 is 2.60 bits per heavy atom. The van der Waals surface area contributed by atoms with Crippen molar-refractivity contribution in [3.05, 3.63) is 74.6 Å². The van der Waals surface area contributed by atoms with Crippen LogP contribution in [0, 0.1) is 10.5 Å². The van der Waals surface area contributed by atoms with Gasteiger partial charge in [-0.3, -0.25) is 4.79 Å². The van der Waals surface area contributed by atoms with Crippen LogP contribution in [-0.2, 0) is 0 Å². The molecular formula is C22H21ClFN3OS2. The van der Waals surface area contributed by atoms with Crippen molar-refractivity contribution in [2.24, 2.45) is 0 Å². The summed E-state index contributed by atoms with van der Waals surface area (Å²) in [4.78, 5) is 20.1. The molecule has 3 aromatic rings. The van der Waals surface area contributed by atoms with Crippen LogP contribution in [0.5, 0.6) is 0 Å². The maximum Gasteiger partial charge on any atom is 0.257 e. The number of nitrogens with zero attached hydrogens (tertiary/aromatic N) is 2. The minimum Gasteiger partial charge on any atom is -0.351 e. The predicted octanol–water partition coefficient (Wildman–Crippen LogP) is 6.39. The fourth-order valence-electron chi connectivity index (χ4n) is 3.88. The fraction of sp³-hybridized carbons (Fsp3) is 0.273. The first kappa shape index (κ1) is 21.0. The minimum atomic E-state index is -0.230. The Bertz CT molecular complexity index is 1090. The molecule has 1 fully saturated rings. The molecule has 0 spiro atoms. The third-order valence-electron chi connectivity index (χ3n) is 5.54. The van der Waals surface area contributed by atoms with Crippen LogP contribution in [0.2, 0.25) is 5.02 Å². The number of aromatic amines is 1. The highest BCUT2D eigenvalue weighted by atomic mass is 35.5. The number of hydrogen-bond acceptors (Lipinski definition) is 4. The van der Waals surface area contributed by atoms with Crippen molar-refractivity contribution >= 4 is 51.8 Å². The highest BCUT2D eigenvalue weighted by Crippen LogP contribution is 2.37. The van der Waals surface area contributed by atoms with Crippen molar-refractivity contribution in [1.82, 2.24) is 9.88 Å². The average molecular weight is 462 g/mol. The summed E-state index contributed by atoms with van der Waals surface area (Å²) >= 11 is 13.4. The lowest BCUT2D eigenvalue weighted by Crippen LogP contribution is -2.38. The first-order valence-electron chi connectivity index (χ1n) is 9.69. The number of anilines is 2. The van der Waals surface area contributed by atoms with Gasteiger partial charge in [-0.2, -0.15) is 0 Å². The van der Waals surface area contributed by atoms with Gasteiger partial charge >= 0.3 is 0 Å². The van der Waals surface area contributed by atoms with E-state index in [-0.39, 0.29) is 11.7 Å². The summed E-state index contributed by atoms with van der Waals surface area (Å²) in [6.45, 7) is 1.27. The number of thiophene rings is 1. The second-order valence-electron chi connectivity index (χ2n) is 7.32. The number of benzene rings is 1. The molecule has 0 saturated carbocycles. The van der Waals surface area contributed by atoms with Crippen LogP contribution in [0.4, 0.5) is 15.1 Å². The zero-order valence-corrected chi connectivity index (χ0v) is 18.8. The second kappa shape index (κ2) is 8.88. The van der Waals surface area contributed by atoms with E-state index in [1.54, 1.807) is 17.5 Å². The lowest BCUT2D eigenvalue weighted by molar-refractivity contribution is 0.0713.